The van der Waals surface area contributed by atoms with Gasteiger partial charge in [0.1, 0.15) is 16.1 Å². The first-order valence-corrected chi connectivity index (χ1v) is 9.58. The summed E-state index contributed by atoms with van der Waals surface area (Å²) in [6.45, 7) is 9.11. The molecule has 1 atom stereocenters. The maximum atomic E-state index is 12.6. The largest absolute Gasteiger partial charge is 0.444 e. The molecule has 1 aromatic rings. The molecule has 0 saturated carbocycles. The summed E-state index contributed by atoms with van der Waals surface area (Å²) < 4.78 is 17.9. The van der Waals surface area contributed by atoms with Crippen LogP contribution in [-0.4, -0.2) is 31.6 Å². The van der Waals surface area contributed by atoms with Crippen molar-refractivity contribution >= 4 is 45.0 Å². The van der Waals surface area contributed by atoms with Gasteiger partial charge in [-0.1, -0.05) is 30.4 Å². The lowest BCUT2D eigenvalue weighted by atomic mass is 10.1. The second kappa shape index (κ2) is 7.21. The van der Waals surface area contributed by atoms with Crippen molar-refractivity contribution in [3.8, 4) is 0 Å². The minimum Gasteiger partial charge on any atom is -0.444 e. The lowest BCUT2D eigenvalue weighted by molar-refractivity contribution is 0.0636. The molecule has 1 aromatic carbocycles. The molecule has 1 amide bonds. The fourth-order valence-corrected chi connectivity index (χ4v) is 3.51. The Bertz CT molecular complexity index is 752. The number of hydrogen-bond acceptors (Lipinski definition) is 5. The maximum absolute atomic E-state index is 12.6. The first-order valence-electron chi connectivity index (χ1n) is 7.85. The number of aliphatic imine (C=N–C) groups is 1. The third-order valence-corrected chi connectivity index (χ3v) is 5.11. The lowest BCUT2D eigenvalue weighted by Gasteiger charge is -2.20. The van der Waals surface area contributed by atoms with E-state index in [1.54, 1.807) is 32.9 Å². The third-order valence-electron chi connectivity index (χ3n) is 3.31. The molecular formula is C17H23N3O3S2. The number of benzene rings is 1. The number of anilines is 1. The molecule has 0 saturated heterocycles. The average Bonchev–Trinajstić information content (AvgIpc) is 2.73. The van der Waals surface area contributed by atoms with Crippen LogP contribution in [-0.2, 0) is 21.3 Å². The lowest BCUT2D eigenvalue weighted by Crippen LogP contribution is -2.34. The van der Waals surface area contributed by atoms with Crippen LogP contribution < -0.4 is 10.6 Å². The first kappa shape index (κ1) is 19.5. The molecule has 0 radical (unpaired) electrons. The average molecular weight is 382 g/mol. The van der Waals surface area contributed by atoms with E-state index in [2.05, 4.69) is 15.6 Å². The summed E-state index contributed by atoms with van der Waals surface area (Å²) in [7, 11) is -1.40. The zero-order valence-corrected chi connectivity index (χ0v) is 16.6. The maximum Gasteiger partial charge on any atom is 0.412 e. The Morgan fingerprint density at radius 1 is 1.36 bits per heavy atom. The number of nitrogens with zero attached hydrogens (tertiary/aromatic N) is 1. The van der Waals surface area contributed by atoms with Crippen LogP contribution >= 0.6 is 12.2 Å². The van der Waals surface area contributed by atoms with Crippen LogP contribution in [0.3, 0.4) is 0 Å². The molecule has 1 heterocycles. The fraction of sp³-hybridized carbons (Fsp3) is 0.471. The molecule has 8 heteroatoms. The number of para-hydroxylation sites is 1. The zero-order valence-electron chi connectivity index (χ0n) is 15.0. The van der Waals surface area contributed by atoms with E-state index in [1.165, 1.54) is 0 Å². The number of nitrogens with one attached hydrogen (secondary N) is 2. The molecule has 1 aliphatic rings. The summed E-state index contributed by atoms with van der Waals surface area (Å²) in [5.41, 5.74) is 0.151. The number of carbonyl (C=O) groups excluding carboxylic acids is 1. The van der Waals surface area contributed by atoms with Crippen LogP contribution in [0.15, 0.2) is 29.3 Å². The molecular weight excluding hydrogens is 358 g/mol. The number of amidine groups is 1. The van der Waals surface area contributed by atoms with Crippen LogP contribution in [0.2, 0.25) is 0 Å². The number of hydrogen-bond donors (Lipinski definition) is 2. The van der Waals surface area contributed by atoms with E-state index in [-0.39, 0.29) is 5.75 Å². The molecule has 6 nitrogen and oxygen atoms in total. The Morgan fingerprint density at radius 3 is 2.56 bits per heavy atom. The van der Waals surface area contributed by atoms with E-state index in [9.17, 15) is 9.00 Å². The van der Waals surface area contributed by atoms with E-state index in [0.717, 1.165) is 5.56 Å². The second-order valence-electron chi connectivity index (χ2n) is 7.20. The molecule has 136 valence electrons. The summed E-state index contributed by atoms with van der Waals surface area (Å²) in [5, 5.41) is 5.99. The molecule has 2 N–H and O–H groups in total. The molecule has 1 unspecified atom stereocenters. The minimum atomic E-state index is -1.40. The van der Waals surface area contributed by atoms with Crippen molar-refractivity contribution in [3.05, 3.63) is 29.8 Å². The topological polar surface area (TPSA) is 79.8 Å². The quantitative estimate of drug-likeness (QED) is 0.785. The second-order valence-corrected chi connectivity index (χ2v) is 8.98. The Kier molecular flexibility index (Phi) is 5.63. The number of thiocarbonyl (C=S) groups is 1. The zero-order chi connectivity index (χ0) is 18.8. The van der Waals surface area contributed by atoms with Crippen LogP contribution in [0, 0.1) is 0 Å². The Labute approximate surface area is 155 Å². The Hall–Kier alpha value is -1.80. The number of ether oxygens (including phenoxy) is 1. The van der Waals surface area contributed by atoms with Crippen LogP contribution in [0.5, 0.6) is 0 Å². The summed E-state index contributed by atoms with van der Waals surface area (Å²) in [5.74, 6) is 0.205. The Morgan fingerprint density at radius 2 is 2.00 bits per heavy atom. The van der Waals surface area contributed by atoms with Crippen molar-refractivity contribution < 1.29 is 13.7 Å². The molecule has 2 rings (SSSR count). The van der Waals surface area contributed by atoms with Gasteiger partial charge in [-0.15, -0.1) is 0 Å². The van der Waals surface area contributed by atoms with Crippen molar-refractivity contribution in [2.45, 2.75) is 51.5 Å². The van der Waals surface area contributed by atoms with Crippen molar-refractivity contribution in [1.29, 1.82) is 0 Å². The van der Waals surface area contributed by atoms with Gasteiger partial charge in [-0.3, -0.25) is 9.53 Å². The summed E-state index contributed by atoms with van der Waals surface area (Å²) in [4.78, 5) is 16.9. The normalized spacial score (nSPS) is 17.5. The first-order chi connectivity index (χ1) is 11.5. The number of amides is 1. The standard InChI is InChI=1S/C17H23N3O3S2/c1-16(2,3)23-15(21)18-12-9-7-6-8-11(12)10-25(22)14-19-13(24)17(4,5)20-14/h6-9H,10H2,1-5H3,(H,18,21)(H,19,20,24). The van der Waals surface area contributed by atoms with Gasteiger partial charge in [0.05, 0.1) is 16.6 Å². The monoisotopic (exact) mass is 381 g/mol. The summed E-state index contributed by atoms with van der Waals surface area (Å²) in [6, 6.07) is 7.17. The van der Waals surface area contributed by atoms with Crippen molar-refractivity contribution in [3.63, 3.8) is 0 Å². The van der Waals surface area contributed by atoms with Gasteiger partial charge >= 0.3 is 6.09 Å². The van der Waals surface area contributed by atoms with Gasteiger partial charge in [0.2, 0.25) is 0 Å². The molecule has 0 aromatic heterocycles. The molecule has 0 aliphatic carbocycles. The van der Waals surface area contributed by atoms with Gasteiger partial charge in [0, 0.05) is 5.69 Å². The van der Waals surface area contributed by atoms with Crippen LogP contribution in [0.1, 0.15) is 40.2 Å². The minimum absolute atomic E-state index is 0.205. The fourth-order valence-electron chi connectivity index (χ4n) is 2.08. The molecule has 0 fully saturated rings. The molecule has 0 spiro atoms. The van der Waals surface area contributed by atoms with Gasteiger partial charge in [0.25, 0.3) is 0 Å². The third kappa shape index (κ3) is 5.34. The van der Waals surface area contributed by atoms with Crippen LogP contribution in [0.4, 0.5) is 10.5 Å². The summed E-state index contributed by atoms with van der Waals surface area (Å²) in [6.07, 6.45) is -0.552. The van der Waals surface area contributed by atoms with Gasteiger partial charge in [-0.2, -0.15) is 0 Å². The van der Waals surface area contributed by atoms with Crippen LogP contribution in [0.25, 0.3) is 0 Å². The van der Waals surface area contributed by atoms with E-state index < -0.39 is 28.0 Å². The predicted octanol–water partition coefficient (Wildman–Crippen LogP) is 3.35. The van der Waals surface area contributed by atoms with Crippen molar-refractivity contribution in [2.24, 2.45) is 4.99 Å². The SMILES string of the molecule is CC(C)(C)OC(=O)Nc1ccccc1CS(=O)C1=NC(C)(C)C(=S)N1. The van der Waals surface area contributed by atoms with Crippen molar-refractivity contribution in [1.82, 2.24) is 5.32 Å². The van der Waals surface area contributed by atoms with E-state index in [0.29, 0.717) is 15.8 Å². The van der Waals surface area contributed by atoms with E-state index in [1.807, 2.05) is 26.0 Å². The summed E-state index contributed by atoms with van der Waals surface area (Å²) >= 11 is 5.22. The van der Waals surface area contributed by atoms with Gasteiger partial charge in [-0.25, -0.2) is 9.79 Å². The highest BCUT2D eigenvalue weighted by atomic mass is 32.2. The van der Waals surface area contributed by atoms with Gasteiger partial charge < -0.3 is 10.1 Å². The molecule has 25 heavy (non-hydrogen) atoms. The smallest absolute Gasteiger partial charge is 0.412 e. The van der Waals surface area contributed by atoms with E-state index in [4.69, 9.17) is 17.0 Å². The van der Waals surface area contributed by atoms with E-state index >= 15 is 0 Å². The number of rotatable bonds is 3. The molecule has 0 bridgehead atoms. The molecule has 1 aliphatic heterocycles. The predicted molar refractivity (Wildman–Crippen MR) is 105 cm³/mol. The van der Waals surface area contributed by atoms with Gasteiger partial charge in [-0.05, 0) is 46.2 Å². The van der Waals surface area contributed by atoms with Crippen molar-refractivity contribution in [2.75, 3.05) is 5.32 Å². The Balaban J connectivity index is 2.12. The highest BCUT2D eigenvalue weighted by Gasteiger charge is 2.33. The highest BCUT2D eigenvalue weighted by molar-refractivity contribution is 8.00. The van der Waals surface area contributed by atoms with Gasteiger partial charge in [0.15, 0.2) is 5.17 Å². The number of carbonyl (C=O) groups is 1. The highest BCUT2D eigenvalue weighted by Crippen LogP contribution is 2.22.